The van der Waals surface area contributed by atoms with Gasteiger partial charge in [-0.05, 0) is 41.9 Å². The number of ketones is 1. The van der Waals surface area contributed by atoms with E-state index in [-0.39, 0.29) is 5.78 Å². The first-order chi connectivity index (χ1) is 8.66. The summed E-state index contributed by atoms with van der Waals surface area (Å²) in [6.07, 6.45) is 2.90. The summed E-state index contributed by atoms with van der Waals surface area (Å²) in [5, 5.41) is 3.97. The van der Waals surface area contributed by atoms with Gasteiger partial charge in [0.2, 0.25) is 0 Å². The SMILES string of the molecule is CC(C)SCCC(=O)c1ccc2c(c1)CCCN2. The number of aryl methyl sites for hydroxylation is 1. The minimum atomic E-state index is 0.275. The number of nitrogens with one attached hydrogen (secondary N) is 1. The van der Waals surface area contributed by atoms with Crippen molar-refractivity contribution in [2.45, 2.75) is 38.4 Å². The maximum atomic E-state index is 12.1. The van der Waals surface area contributed by atoms with Gasteiger partial charge < -0.3 is 5.32 Å². The Kier molecular flexibility index (Phi) is 4.70. The van der Waals surface area contributed by atoms with Crippen LogP contribution < -0.4 is 5.32 Å². The maximum absolute atomic E-state index is 12.1. The molecule has 1 aliphatic heterocycles. The molecule has 1 aromatic rings. The lowest BCUT2D eigenvalue weighted by molar-refractivity contribution is 0.0989. The second-order valence-electron chi connectivity index (χ2n) is 4.99. The summed E-state index contributed by atoms with van der Waals surface area (Å²) in [5.74, 6) is 1.20. The van der Waals surface area contributed by atoms with Gasteiger partial charge in [0, 0.05) is 30.0 Å². The average molecular weight is 263 g/mol. The minimum absolute atomic E-state index is 0.275. The highest BCUT2D eigenvalue weighted by Gasteiger charge is 2.12. The number of carbonyl (C=O) groups excluding carboxylic acids is 1. The van der Waals surface area contributed by atoms with Gasteiger partial charge in [0.15, 0.2) is 5.78 Å². The number of carbonyl (C=O) groups is 1. The molecule has 1 heterocycles. The van der Waals surface area contributed by atoms with Gasteiger partial charge in [0.05, 0.1) is 0 Å². The van der Waals surface area contributed by atoms with E-state index in [0.29, 0.717) is 11.7 Å². The lowest BCUT2D eigenvalue weighted by atomic mass is 9.98. The van der Waals surface area contributed by atoms with Crippen LogP contribution in [0.25, 0.3) is 0 Å². The van der Waals surface area contributed by atoms with E-state index >= 15 is 0 Å². The lowest BCUT2D eigenvalue weighted by Gasteiger charge is -2.18. The van der Waals surface area contributed by atoms with Crippen molar-refractivity contribution in [1.82, 2.24) is 0 Å². The minimum Gasteiger partial charge on any atom is -0.385 e. The van der Waals surface area contributed by atoms with Gasteiger partial charge in [0.1, 0.15) is 0 Å². The van der Waals surface area contributed by atoms with Crippen LogP contribution >= 0.6 is 11.8 Å². The van der Waals surface area contributed by atoms with Gasteiger partial charge in [-0.25, -0.2) is 0 Å². The molecule has 98 valence electrons. The molecule has 0 atom stereocenters. The summed E-state index contributed by atoms with van der Waals surface area (Å²) in [4.78, 5) is 12.1. The van der Waals surface area contributed by atoms with Crippen LogP contribution in [0, 0.1) is 0 Å². The highest BCUT2D eigenvalue weighted by Crippen LogP contribution is 2.23. The van der Waals surface area contributed by atoms with Crippen molar-refractivity contribution < 1.29 is 4.79 Å². The van der Waals surface area contributed by atoms with Crippen molar-refractivity contribution in [2.24, 2.45) is 0 Å². The van der Waals surface area contributed by atoms with Gasteiger partial charge in [-0.2, -0.15) is 11.8 Å². The Bertz CT molecular complexity index is 429. The van der Waals surface area contributed by atoms with Gasteiger partial charge in [0.25, 0.3) is 0 Å². The first-order valence-corrected chi connectivity index (χ1v) is 7.73. The van der Waals surface area contributed by atoms with E-state index < -0.39 is 0 Å². The molecule has 2 rings (SSSR count). The van der Waals surface area contributed by atoms with E-state index in [0.717, 1.165) is 30.7 Å². The van der Waals surface area contributed by atoms with Crippen molar-refractivity contribution >= 4 is 23.2 Å². The van der Waals surface area contributed by atoms with E-state index in [1.54, 1.807) is 0 Å². The van der Waals surface area contributed by atoms with E-state index in [4.69, 9.17) is 0 Å². The number of rotatable bonds is 5. The van der Waals surface area contributed by atoms with E-state index in [1.807, 2.05) is 17.8 Å². The first kappa shape index (κ1) is 13.5. The van der Waals surface area contributed by atoms with Crippen LogP contribution in [0.1, 0.15) is 42.6 Å². The van der Waals surface area contributed by atoms with Gasteiger partial charge >= 0.3 is 0 Å². The Morgan fingerprint density at radius 3 is 3.06 bits per heavy atom. The largest absolute Gasteiger partial charge is 0.385 e. The Balaban J connectivity index is 1.98. The van der Waals surface area contributed by atoms with E-state index in [2.05, 4.69) is 31.3 Å². The van der Waals surface area contributed by atoms with Gasteiger partial charge in [-0.15, -0.1) is 0 Å². The predicted octanol–water partition coefficient (Wildman–Crippen LogP) is 3.76. The zero-order valence-corrected chi connectivity index (χ0v) is 12.0. The Morgan fingerprint density at radius 1 is 1.44 bits per heavy atom. The molecule has 0 aromatic heterocycles. The summed E-state index contributed by atoms with van der Waals surface area (Å²) in [5.41, 5.74) is 3.37. The van der Waals surface area contributed by atoms with Crippen LogP contribution in [0.2, 0.25) is 0 Å². The third-order valence-corrected chi connectivity index (χ3v) is 4.25. The smallest absolute Gasteiger partial charge is 0.163 e. The quantitative estimate of drug-likeness (QED) is 0.820. The topological polar surface area (TPSA) is 29.1 Å². The molecule has 2 nitrogen and oxygen atoms in total. The molecule has 0 fully saturated rings. The van der Waals surface area contributed by atoms with Crippen LogP contribution in [-0.2, 0) is 6.42 Å². The van der Waals surface area contributed by atoms with Gasteiger partial charge in [-0.3, -0.25) is 4.79 Å². The standard InChI is InChI=1S/C15H21NOS/c1-11(2)18-9-7-15(17)13-5-6-14-12(10-13)4-3-8-16-14/h5-6,10-11,16H,3-4,7-9H2,1-2H3. The second kappa shape index (κ2) is 6.28. The first-order valence-electron chi connectivity index (χ1n) is 6.68. The number of hydrogen-bond acceptors (Lipinski definition) is 3. The number of benzene rings is 1. The molecular formula is C15H21NOS. The van der Waals surface area contributed by atoms with Crippen molar-refractivity contribution in [3.8, 4) is 0 Å². The Labute approximate surface area is 114 Å². The summed E-state index contributed by atoms with van der Waals surface area (Å²) < 4.78 is 0. The molecule has 0 unspecified atom stereocenters. The number of anilines is 1. The molecule has 0 radical (unpaired) electrons. The average Bonchev–Trinajstić information content (AvgIpc) is 2.37. The lowest BCUT2D eigenvalue weighted by Crippen LogP contribution is -2.12. The summed E-state index contributed by atoms with van der Waals surface area (Å²) >= 11 is 1.85. The normalized spacial score (nSPS) is 14.2. The van der Waals surface area contributed by atoms with Gasteiger partial charge in [-0.1, -0.05) is 13.8 Å². The number of hydrogen-bond donors (Lipinski definition) is 1. The van der Waals surface area contributed by atoms with E-state index in [1.165, 1.54) is 11.3 Å². The van der Waals surface area contributed by atoms with Crippen LogP contribution in [0.15, 0.2) is 18.2 Å². The van der Waals surface area contributed by atoms with Crippen LogP contribution in [0.5, 0.6) is 0 Å². The summed E-state index contributed by atoms with van der Waals surface area (Å²) in [6, 6.07) is 6.08. The molecule has 0 saturated carbocycles. The maximum Gasteiger partial charge on any atom is 0.163 e. The van der Waals surface area contributed by atoms with Crippen LogP contribution in [-0.4, -0.2) is 23.3 Å². The summed E-state index contributed by atoms with van der Waals surface area (Å²) in [6.45, 7) is 5.38. The Morgan fingerprint density at radius 2 is 2.28 bits per heavy atom. The molecule has 0 amide bonds. The van der Waals surface area contributed by atoms with Crippen LogP contribution in [0.3, 0.4) is 0 Å². The highest BCUT2D eigenvalue weighted by molar-refractivity contribution is 7.99. The Hall–Kier alpha value is -0.960. The number of fused-ring (bicyclic) bond motifs is 1. The molecule has 0 bridgehead atoms. The fourth-order valence-electron chi connectivity index (χ4n) is 2.18. The highest BCUT2D eigenvalue weighted by atomic mass is 32.2. The summed E-state index contributed by atoms with van der Waals surface area (Å²) in [7, 11) is 0. The van der Waals surface area contributed by atoms with Crippen molar-refractivity contribution in [2.75, 3.05) is 17.6 Å². The third kappa shape index (κ3) is 3.52. The molecule has 18 heavy (non-hydrogen) atoms. The zero-order valence-electron chi connectivity index (χ0n) is 11.2. The molecule has 0 saturated heterocycles. The number of Topliss-reactive ketones (excluding diaryl/α,β-unsaturated/α-hetero) is 1. The molecule has 3 heteroatoms. The molecule has 0 spiro atoms. The third-order valence-electron chi connectivity index (χ3n) is 3.15. The second-order valence-corrected chi connectivity index (χ2v) is 6.68. The molecule has 0 aliphatic carbocycles. The monoisotopic (exact) mass is 263 g/mol. The predicted molar refractivity (Wildman–Crippen MR) is 79.8 cm³/mol. The fourth-order valence-corrected chi connectivity index (χ4v) is 2.95. The van der Waals surface area contributed by atoms with Crippen LogP contribution in [0.4, 0.5) is 5.69 Å². The van der Waals surface area contributed by atoms with Crippen molar-refractivity contribution in [1.29, 1.82) is 0 Å². The molecular weight excluding hydrogens is 242 g/mol. The van der Waals surface area contributed by atoms with Crippen molar-refractivity contribution in [3.05, 3.63) is 29.3 Å². The van der Waals surface area contributed by atoms with Crippen molar-refractivity contribution in [3.63, 3.8) is 0 Å². The fraction of sp³-hybridized carbons (Fsp3) is 0.533. The number of thioether (sulfide) groups is 1. The zero-order chi connectivity index (χ0) is 13.0. The molecule has 1 aromatic carbocycles. The van der Waals surface area contributed by atoms with E-state index in [9.17, 15) is 4.79 Å². The molecule has 1 aliphatic rings. The molecule has 1 N–H and O–H groups in total.